The van der Waals surface area contributed by atoms with Crippen LogP contribution in [0.5, 0.6) is 0 Å². The topological polar surface area (TPSA) is 90.5 Å². The minimum atomic E-state index is -0.603. The lowest BCUT2D eigenvalue weighted by atomic mass is 9.52. The summed E-state index contributed by atoms with van der Waals surface area (Å²) < 4.78 is 13.1. The Morgan fingerprint density at radius 2 is 1.84 bits per heavy atom. The second-order valence-corrected chi connectivity index (χ2v) is 10.0. The third-order valence-corrected chi connectivity index (χ3v) is 7.98. The zero-order chi connectivity index (χ0) is 23.5. The maximum absolute atomic E-state index is 13.1. The zero-order valence-electron chi connectivity index (χ0n) is 19.7. The summed E-state index contributed by atoms with van der Waals surface area (Å²) in [4.78, 5) is 25.0. The highest BCUT2D eigenvalue weighted by Crippen LogP contribution is 2.55. The molecule has 1 aromatic rings. The highest BCUT2D eigenvalue weighted by atomic mass is 19.1. The summed E-state index contributed by atoms with van der Waals surface area (Å²) in [5.41, 5.74) is 0.850. The molecule has 2 saturated carbocycles. The number of amides is 3. The van der Waals surface area contributed by atoms with Crippen LogP contribution in [0.2, 0.25) is 0 Å². The van der Waals surface area contributed by atoms with Crippen LogP contribution in [-0.4, -0.2) is 35.7 Å². The van der Waals surface area contributed by atoms with Crippen molar-refractivity contribution in [3.8, 4) is 0 Å². The van der Waals surface area contributed by atoms with Gasteiger partial charge in [0.15, 0.2) is 0 Å². The molecule has 2 aliphatic rings. The van der Waals surface area contributed by atoms with E-state index < -0.39 is 6.10 Å². The summed E-state index contributed by atoms with van der Waals surface area (Å²) in [5.74, 6) is -0.727. The van der Waals surface area contributed by atoms with Crippen LogP contribution in [0.15, 0.2) is 24.3 Å². The van der Waals surface area contributed by atoms with Gasteiger partial charge in [0, 0.05) is 25.0 Å². The Morgan fingerprint density at radius 3 is 2.50 bits per heavy atom. The first-order chi connectivity index (χ1) is 15.2. The minimum absolute atomic E-state index is 0.00985. The Balaban J connectivity index is 1.65. The first-order valence-corrected chi connectivity index (χ1v) is 11.9. The Labute approximate surface area is 190 Å². The molecule has 4 N–H and O–H groups in total. The van der Waals surface area contributed by atoms with E-state index in [1.807, 2.05) is 13.8 Å². The van der Waals surface area contributed by atoms with Crippen LogP contribution in [-0.2, 0) is 11.3 Å². The largest absolute Gasteiger partial charge is 0.392 e. The molecule has 178 valence electrons. The van der Waals surface area contributed by atoms with E-state index in [-0.39, 0.29) is 52.9 Å². The van der Waals surface area contributed by atoms with Crippen LogP contribution in [0.1, 0.15) is 58.9 Å². The summed E-state index contributed by atoms with van der Waals surface area (Å²) >= 11 is 0. The van der Waals surface area contributed by atoms with E-state index in [1.165, 1.54) is 12.1 Å². The Bertz CT molecular complexity index is 802. The molecule has 6 nitrogen and oxygen atoms in total. The van der Waals surface area contributed by atoms with Crippen LogP contribution < -0.4 is 16.0 Å². The van der Waals surface area contributed by atoms with Crippen molar-refractivity contribution in [2.75, 3.05) is 6.54 Å². The van der Waals surface area contributed by atoms with Crippen molar-refractivity contribution in [3.63, 3.8) is 0 Å². The third kappa shape index (κ3) is 5.25. The number of fused-ring (bicyclic) bond motifs is 1. The fourth-order valence-electron chi connectivity index (χ4n) is 6.02. The maximum Gasteiger partial charge on any atom is 0.315 e. The van der Waals surface area contributed by atoms with E-state index in [0.717, 1.165) is 31.2 Å². The van der Waals surface area contributed by atoms with Gasteiger partial charge in [0.05, 0.1) is 6.10 Å². The van der Waals surface area contributed by atoms with Crippen molar-refractivity contribution in [2.45, 2.75) is 72.1 Å². The van der Waals surface area contributed by atoms with Gasteiger partial charge in [-0.25, -0.2) is 9.18 Å². The average Bonchev–Trinajstić information content (AvgIpc) is 2.75. The molecular weight excluding hydrogens is 409 g/mol. The predicted molar refractivity (Wildman–Crippen MR) is 122 cm³/mol. The summed E-state index contributed by atoms with van der Waals surface area (Å²) in [5, 5.41) is 20.3. The number of hydrogen-bond donors (Lipinski definition) is 4. The molecule has 32 heavy (non-hydrogen) atoms. The highest BCUT2D eigenvalue weighted by Gasteiger charge is 2.53. The zero-order valence-corrected chi connectivity index (χ0v) is 19.7. The fraction of sp³-hybridized carbons (Fsp3) is 0.680. The number of hydrogen-bond acceptors (Lipinski definition) is 3. The van der Waals surface area contributed by atoms with Gasteiger partial charge in [-0.2, -0.15) is 0 Å². The molecule has 3 amide bonds. The molecule has 0 bridgehead atoms. The van der Waals surface area contributed by atoms with Gasteiger partial charge in [-0.15, -0.1) is 0 Å². The van der Waals surface area contributed by atoms with Gasteiger partial charge >= 0.3 is 6.03 Å². The number of urea groups is 1. The molecule has 0 aromatic heterocycles. The minimum Gasteiger partial charge on any atom is -0.392 e. The lowest BCUT2D eigenvalue weighted by Gasteiger charge is -2.56. The Kier molecular flexibility index (Phi) is 7.80. The van der Waals surface area contributed by atoms with E-state index >= 15 is 0 Å². The number of carbonyl (C=O) groups is 2. The Hall–Kier alpha value is -2.15. The first kappa shape index (κ1) is 24.5. The number of halogens is 1. The van der Waals surface area contributed by atoms with E-state index in [4.69, 9.17) is 0 Å². The normalized spacial score (nSPS) is 33.0. The van der Waals surface area contributed by atoms with Crippen molar-refractivity contribution in [1.29, 1.82) is 0 Å². The van der Waals surface area contributed by atoms with Gasteiger partial charge in [-0.3, -0.25) is 4.79 Å². The predicted octanol–water partition coefficient (Wildman–Crippen LogP) is 3.59. The second-order valence-electron chi connectivity index (χ2n) is 10.0. The van der Waals surface area contributed by atoms with Gasteiger partial charge in [0.1, 0.15) is 5.82 Å². The summed E-state index contributed by atoms with van der Waals surface area (Å²) in [6, 6.07) is 5.93. The number of benzene rings is 1. The van der Waals surface area contributed by atoms with Crippen LogP contribution in [0, 0.1) is 34.9 Å². The van der Waals surface area contributed by atoms with Crippen LogP contribution in [0.3, 0.4) is 0 Å². The Morgan fingerprint density at radius 1 is 1.19 bits per heavy atom. The van der Waals surface area contributed by atoms with Crippen molar-refractivity contribution in [2.24, 2.45) is 29.1 Å². The standard InChI is InChI=1S/C25H38FN3O3/c1-5-27-24(32)29-20-11-13-25(4)12-10-19(22(30)21(25)16(20)3)15(2)23(31)28-14-17-6-8-18(26)9-7-17/h6-9,15-16,19-22,30H,5,10-14H2,1-4H3,(H,28,31)(H2,27,29,32). The molecule has 7 unspecified atom stereocenters. The van der Waals surface area contributed by atoms with Gasteiger partial charge in [0.25, 0.3) is 0 Å². The summed E-state index contributed by atoms with van der Waals surface area (Å²) in [6.45, 7) is 9.04. The van der Waals surface area contributed by atoms with Gasteiger partial charge < -0.3 is 21.1 Å². The average molecular weight is 448 g/mol. The number of aliphatic hydroxyl groups excluding tert-OH is 1. The molecule has 0 saturated heterocycles. The molecule has 0 radical (unpaired) electrons. The number of carbonyl (C=O) groups excluding carboxylic acids is 2. The number of aliphatic hydroxyl groups is 1. The third-order valence-electron chi connectivity index (χ3n) is 7.98. The lowest BCUT2D eigenvalue weighted by molar-refractivity contribution is -0.142. The molecule has 0 spiro atoms. The van der Waals surface area contributed by atoms with E-state index in [2.05, 4.69) is 29.8 Å². The molecule has 2 fully saturated rings. The number of rotatable bonds is 6. The number of nitrogens with one attached hydrogen (secondary N) is 3. The van der Waals surface area contributed by atoms with Crippen LogP contribution in [0.25, 0.3) is 0 Å². The lowest BCUT2D eigenvalue weighted by Crippen LogP contribution is -2.59. The second kappa shape index (κ2) is 10.2. The molecule has 0 aliphatic heterocycles. The van der Waals surface area contributed by atoms with Gasteiger partial charge in [-0.1, -0.05) is 32.9 Å². The molecule has 7 atom stereocenters. The summed E-state index contributed by atoms with van der Waals surface area (Å²) in [7, 11) is 0. The van der Waals surface area contributed by atoms with Crippen LogP contribution >= 0.6 is 0 Å². The molecule has 7 heteroatoms. The van der Waals surface area contributed by atoms with E-state index in [0.29, 0.717) is 13.1 Å². The SMILES string of the molecule is CCNC(=O)NC1CCC2(C)CCC(C(C)C(=O)NCc3ccc(F)cc3)C(O)C2C1C. The monoisotopic (exact) mass is 447 g/mol. The quantitative estimate of drug-likeness (QED) is 0.537. The molecule has 3 rings (SSSR count). The van der Waals surface area contributed by atoms with Crippen LogP contribution in [0.4, 0.5) is 9.18 Å². The van der Waals surface area contributed by atoms with Gasteiger partial charge in [-0.05, 0) is 73.5 Å². The van der Waals surface area contributed by atoms with E-state index in [9.17, 15) is 19.1 Å². The van der Waals surface area contributed by atoms with Crippen molar-refractivity contribution in [1.82, 2.24) is 16.0 Å². The maximum atomic E-state index is 13.1. The summed E-state index contributed by atoms with van der Waals surface area (Å²) in [6.07, 6.45) is 3.02. The first-order valence-electron chi connectivity index (χ1n) is 11.9. The van der Waals surface area contributed by atoms with Crippen molar-refractivity contribution < 1.29 is 19.1 Å². The fourth-order valence-corrected chi connectivity index (χ4v) is 6.02. The van der Waals surface area contributed by atoms with Gasteiger partial charge in [0.2, 0.25) is 5.91 Å². The molecule has 0 heterocycles. The van der Waals surface area contributed by atoms with Crippen molar-refractivity contribution in [3.05, 3.63) is 35.6 Å². The molecule has 2 aliphatic carbocycles. The van der Waals surface area contributed by atoms with E-state index in [1.54, 1.807) is 12.1 Å². The smallest absolute Gasteiger partial charge is 0.315 e. The highest BCUT2D eigenvalue weighted by molar-refractivity contribution is 5.78. The molecule has 1 aromatic carbocycles. The molecular formula is C25H38FN3O3. The van der Waals surface area contributed by atoms with Crippen molar-refractivity contribution >= 4 is 11.9 Å².